The Morgan fingerprint density at radius 3 is 2.48 bits per heavy atom. The summed E-state index contributed by atoms with van der Waals surface area (Å²) in [6.07, 6.45) is 0.254. The summed E-state index contributed by atoms with van der Waals surface area (Å²) in [4.78, 5) is 25.6. The molecule has 1 fully saturated rings. The highest BCUT2D eigenvalue weighted by Gasteiger charge is 2.39. The van der Waals surface area contributed by atoms with Gasteiger partial charge in [0, 0.05) is 24.5 Å². The fourth-order valence-corrected chi connectivity index (χ4v) is 6.23. The van der Waals surface area contributed by atoms with Crippen molar-refractivity contribution >= 4 is 33.7 Å². The van der Waals surface area contributed by atoms with Crippen molar-refractivity contribution < 1.29 is 22.7 Å². The van der Waals surface area contributed by atoms with Crippen LogP contribution in [0.3, 0.4) is 0 Å². The third-order valence-corrected chi connectivity index (χ3v) is 8.04. The van der Waals surface area contributed by atoms with Gasteiger partial charge in [-0.3, -0.25) is 4.79 Å². The molecule has 2 aromatic rings. The summed E-state index contributed by atoms with van der Waals surface area (Å²) in [5.41, 5.74) is 1.81. The van der Waals surface area contributed by atoms with E-state index >= 15 is 0 Å². The fraction of sp³-hybridized carbons (Fsp3) is 0.364. The van der Waals surface area contributed by atoms with Gasteiger partial charge < -0.3 is 10.1 Å². The minimum Gasteiger partial charge on any atom is -0.467 e. The van der Waals surface area contributed by atoms with Crippen LogP contribution in [0.1, 0.15) is 11.1 Å². The van der Waals surface area contributed by atoms with Crippen LogP contribution in [0.15, 0.2) is 59.5 Å². The van der Waals surface area contributed by atoms with Gasteiger partial charge in [-0.25, -0.2) is 13.2 Å². The fourth-order valence-electron chi connectivity index (χ4n) is 3.38. The third-order valence-electron chi connectivity index (χ3n) is 5.09. The van der Waals surface area contributed by atoms with E-state index in [4.69, 9.17) is 4.74 Å². The average Bonchev–Trinajstić information content (AvgIpc) is 2.79. The Bertz CT molecular complexity index is 1010. The topological polar surface area (TPSA) is 92.8 Å². The van der Waals surface area contributed by atoms with Crippen LogP contribution in [-0.4, -0.2) is 61.8 Å². The predicted molar refractivity (Wildman–Crippen MR) is 120 cm³/mol. The number of rotatable bonds is 7. The number of hydrogen-bond acceptors (Lipinski definition) is 6. The van der Waals surface area contributed by atoms with Crippen molar-refractivity contribution in [3.05, 3.63) is 65.7 Å². The number of hydrogen-bond donors (Lipinski definition) is 1. The summed E-state index contributed by atoms with van der Waals surface area (Å²) < 4.78 is 32.5. The summed E-state index contributed by atoms with van der Waals surface area (Å²) in [5.74, 6) is -0.169. The first-order valence-electron chi connectivity index (χ1n) is 9.91. The standard InChI is InChI=1S/C22H26N2O5S2/c1-16-8-10-18(11-9-16)31(27,28)24-12-13-30-15-20(24)21(25)23-19(22(26)29-2)14-17-6-4-3-5-7-17/h3-11,19-20H,12-15H2,1-2H3,(H,23,25)/t19-,20-/m0/s1. The van der Waals surface area contributed by atoms with Crippen LogP contribution < -0.4 is 5.32 Å². The maximum Gasteiger partial charge on any atom is 0.328 e. The molecular formula is C22H26N2O5S2. The number of methoxy groups -OCH3 is 1. The molecule has 0 aliphatic carbocycles. The van der Waals surface area contributed by atoms with E-state index in [1.54, 1.807) is 24.3 Å². The van der Waals surface area contributed by atoms with Gasteiger partial charge >= 0.3 is 5.97 Å². The molecule has 0 bridgehead atoms. The smallest absolute Gasteiger partial charge is 0.328 e. The molecule has 7 nitrogen and oxygen atoms in total. The first-order chi connectivity index (χ1) is 14.8. The summed E-state index contributed by atoms with van der Waals surface area (Å²) >= 11 is 1.51. The van der Waals surface area contributed by atoms with E-state index in [2.05, 4.69) is 5.32 Å². The van der Waals surface area contributed by atoms with Gasteiger partial charge in [0.2, 0.25) is 15.9 Å². The second-order valence-electron chi connectivity index (χ2n) is 7.29. The first kappa shape index (κ1) is 23.3. The van der Waals surface area contributed by atoms with E-state index in [1.165, 1.54) is 23.2 Å². The maximum absolute atomic E-state index is 13.2. The lowest BCUT2D eigenvalue weighted by Crippen LogP contribution is -2.56. The molecule has 0 unspecified atom stereocenters. The zero-order valence-corrected chi connectivity index (χ0v) is 19.1. The summed E-state index contributed by atoms with van der Waals surface area (Å²) in [6, 6.07) is 14.0. The highest BCUT2D eigenvalue weighted by atomic mass is 32.2. The van der Waals surface area contributed by atoms with Crippen molar-refractivity contribution in [1.29, 1.82) is 0 Å². The van der Waals surface area contributed by atoms with Gasteiger partial charge in [-0.15, -0.1) is 0 Å². The molecule has 1 amide bonds. The monoisotopic (exact) mass is 462 g/mol. The van der Waals surface area contributed by atoms with Crippen molar-refractivity contribution in [3.8, 4) is 0 Å². The SMILES string of the molecule is COC(=O)[C@H](Cc1ccccc1)NC(=O)[C@@H]1CSCCN1S(=O)(=O)c1ccc(C)cc1. The molecule has 1 N–H and O–H groups in total. The zero-order chi connectivity index (χ0) is 22.4. The number of amides is 1. The number of nitrogens with zero attached hydrogens (tertiary/aromatic N) is 1. The summed E-state index contributed by atoms with van der Waals surface area (Å²) in [7, 11) is -2.59. The van der Waals surface area contributed by atoms with Crippen molar-refractivity contribution in [2.45, 2.75) is 30.3 Å². The molecule has 0 aromatic heterocycles. The minimum absolute atomic E-state index is 0.150. The second kappa shape index (κ2) is 10.3. The molecule has 31 heavy (non-hydrogen) atoms. The van der Waals surface area contributed by atoms with Gasteiger partial charge in [-0.05, 0) is 24.6 Å². The van der Waals surface area contributed by atoms with Crippen molar-refractivity contribution in [2.24, 2.45) is 0 Å². The first-order valence-corrected chi connectivity index (χ1v) is 12.5. The molecule has 2 aromatic carbocycles. The molecule has 3 rings (SSSR count). The molecule has 166 valence electrons. The summed E-state index contributed by atoms with van der Waals surface area (Å²) in [6.45, 7) is 2.10. The molecular weight excluding hydrogens is 436 g/mol. The number of carbonyl (C=O) groups excluding carboxylic acids is 2. The highest BCUT2D eigenvalue weighted by molar-refractivity contribution is 7.99. The molecule has 0 saturated carbocycles. The molecule has 0 spiro atoms. The van der Waals surface area contributed by atoms with Gasteiger partial charge in [0.1, 0.15) is 12.1 Å². The largest absolute Gasteiger partial charge is 0.467 e. The van der Waals surface area contributed by atoms with Crippen LogP contribution >= 0.6 is 11.8 Å². The van der Waals surface area contributed by atoms with E-state index in [0.717, 1.165) is 11.1 Å². The predicted octanol–water partition coefficient (Wildman–Crippen LogP) is 2.00. The molecule has 1 saturated heterocycles. The number of thioether (sulfide) groups is 1. The molecule has 2 atom stereocenters. The molecule has 1 aliphatic rings. The summed E-state index contributed by atoms with van der Waals surface area (Å²) in [5, 5.41) is 2.72. The number of aryl methyl sites for hydroxylation is 1. The van der Waals surface area contributed by atoms with Gasteiger partial charge in [-0.2, -0.15) is 16.1 Å². The van der Waals surface area contributed by atoms with E-state index in [-0.39, 0.29) is 17.9 Å². The number of sulfonamides is 1. The second-order valence-corrected chi connectivity index (χ2v) is 10.3. The number of nitrogens with one attached hydrogen (secondary N) is 1. The van der Waals surface area contributed by atoms with Crippen LogP contribution in [0.5, 0.6) is 0 Å². The van der Waals surface area contributed by atoms with Gasteiger partial charge in [0.25, 0.3) is 0 Å². The van der Waals surface area contributed by atoms with Crippen molar-refractivity contribution in [3.63, 3.8) is 0 Å². The Kier molecular flexibility index (Phi) is 7.74. The average molecular weight is 463 g/mol. The Labute approximate surface area is 187 Å². The minimum atomic E-state index is -3.85. The van der Waals surface area contributed by atoms with Gasteiger partial charge in [0.05, 0.1) is 12.0 Å². The Hall–Kier alpha value is -2.36. The molecule has 9 heteroatoms. The number of ether oxygens (including phenoxy) is 1. The van der Waals surface area contributed by atoms with E-state index in [9.17, 15) is 18.0 Å². The third kappa shape index (κ3) is 5.66. The van der Waals surface area contributed by atoms with Crippen LogP contribution in [0, 0.1) is 6.92 Å². The molecule has 0 radical (unpaired) electrons. The van der Waals surface area contributed by atoms with E-state index < -0.39 is 34.0 Å². The van der Waals surface area contributed by atoms with Crippen LogP contribution in [-0.2, 0) is 30.8 Å². The Morgan fingerprint density at radius 2 is 1.84 bits per heavy atom. The number of benzene rings is 2. The van der Waals surface area contributed by atoms with Crippen molar-refractivity contribution in [1.82, 2.24) is 9.62 Å². The van der Waals surface area contributed by atoms with Gasteiger partial charge in [0.15, 0.2) is 0 Å². The Morgan fingerprint density at radius 1 is 1.16 bits per heavy atom. The van der Waals surface area contributed by atoms with Gasteiger partial charge in [-0.1, -0.05) is 48.0 Å². The lowest BCUT2D eigenvalue weighted by Gasteiger charge is -2.34. The van der Waals surface area contributed by atoms with E-state index in [0.29, 0.717) is 11.5 Å². The number of esters is 1. The Balaban J connectivity index is 1.81. The highest BCUT2D eigenvalue weighted by Crippen LogP contribution is 2.25. The molecule has 1 aliphatic heterocycles. The normalized spacial score (nSPS) is 18.2. The maximum atomic E-state index is 13.2. The lowest BCUT2D eigenvalue weighted by atomic mass is 10.1. The zero-order valence-electron chi connectivity index (χ0n) is 17.5. The lowest BCUT2D eigenvalue weighted by molar-refractivity contribution is -0.145. The van der Waals surface area contributed by atoms with Crippen LogP contribution in [0.25, 0.3) is 0 Å². The number of carbonyl (C=O) groups is 2. The van der Waals surface area contributed by atoms with Crippen LogP contribution in [0.4, 0.5) is 0 Å². The van der Waals surface area contributed by atoms with E-state index in [1.807, 2.05) is 37.3 Å². The quantitative estimate of drug-likeness (QED) is 0.633. The van der Waals surface area contributed by atoms with Crippen molar-refractivity contribution in [2.75, 3.05) is 25.2 Å². The molecule has 1 heterocycles. The van der Waals surface area contributed by atoms with Crippen LogP contribution in [0.2, 0.25) is 0 Å².